The van der Waals surface area contributed by atoms with Crippen LogP contribution in [-0.2, 0) is 4.74 Å². The summed E-state index contributed by atoms with van der Waals surface area (Å²) in [6.45, 7) is 3.30. The van der Waals surface area contributed by atoms with Gasteiger partial charge < -0.3 is 9.94 Å². The van der Waals surface area contributed by atoms with E-state index in [1.54, 1.807) is 0 Å². The van der Waals surface area contributed by atoms with Crippen molar-refractivity contribution >= 4 is 0 Å². The largest absolute Gasteiger partial charge is 0.360 e. The zero-order chi connectivity index (χ0) is 5.98. The third-order valence-electron chi connectivity index (χ3n) is 1.31. The molecule has 3 nitrogen and oxygen atoms in total. The van der Waals surface area contributed by atoms with Gasteiger partial charge in [0.2, 0.25) is 0 Å². The van der Waals surface area contributed by atoms with Crippen LogP contribution in [0.2, 0.25) is 0 Å². The fourth-order valence-corrected chi connectivity index (χ4v) is 0.841. The van der Waals surface area contributed by atoms with Crippen LogP contribution in [0, 0.1) is 0 Å². The Bertz CT molecular complexity index is 76.8. The molecule has 0 spiro atoms. The van der Waals surface area contributed by atoms with E-state index >= 15 is 0 Å². The average molecular weight is 117 g/mol. The lowest BCUT2D eigenvalue weighted by molar-refractivity contribution is -0.153. The van der Waals surface area contributed by atoms with Crippen molar-refractivity contribution in [2.75, 3.05) is 13.2 Å². The summed E-state index contributed by atoms with van der Waals surface area (Å²) in [5, 5.41) is 10.1. The minimum Gasteiger partial charge on any atom is -0.360 e. The maximum Gasteiger partial charge on any atom is 0.132 e. The van der Waals surface area contributed by atoms with Crippen LogP contribution in [-0.4, -0.2) is 29.7 Å². The summed E-state index contributed by atoms with van der Waals surface area (Å²) < 4.78 is 5.09. The maximum atomic E-state index is 8.90. The van der Waals surface area contributed by atoms with E-state index in [2.05, 4.69) is 0 Å². The lowest BCUT2D eigenvalue weighted by Crippen LogP contribution is -2.25. The van der Waals surface area contributed by atoms with Gasteiger partial charge in [-0.05, 0) is 6.42 Å². The van der Waals surface area contributed by atoms with Crippen LogP contribution < -0.4 is 0 Å². The summed E-state index contributed by atoms with van der Waals surface area (Å²) in [5.41, 5.74) is 0. The molecule has 1 unspecified atom stereocenters. The minimum atomic E-state index is -0.0463. The van der Waals surface area contributed by atoms with Crippen LogP contribution in [0.25, 0.3) is 0 Å². The van der Waals surface area contributed by atoms with E-state index in [1.807, 2.05) is 6.92 Å². The second-order valence-electron chi connectivity index (χ2n) is 1.90. The highest BCUT2D eigenvalue weighted by Gasteiger charge is 2.20. The van der Waals surface area contributed by atoms with Crippen molar-refractivity contribution in [3.8, 4) is 0 Å². The van der Waals surface area contributed by atoms with E-state index in [1.165, 1.54) is 5.06 Å². The SMILES string of the molecule is CCC1OCCN1O. The van der Waals surface area contributed by atoms with Gasteiger partial charge in [-0.3, -0.25) is 0 Å². The maximum absolute atomic E-state index is 8.90. The van der Waals surface area contributed by atoms with Crippen molar-refractivity contribution in [3.05, 3.63) is 0 Å². The molecule has 48 valence electrons. The molecule has 0 bridgehead atoms. The second-order valence-corrected chi connectivity index (χ2v) is 1.90. The number of hydroxylamine groups is 2. The van der Waals surface area contributed by atoms with Crippen LogP contribution in [0.5, 0.6) is 0 Å². The molecule has 1 heterocycles. The Balaban J connectivity index is 2.30. The molecule has 1 aliphatic rings. The van der Waals surface area contributed by atoms with Crippen molar-refractivity contribution in [1.29, 1.82) is 0 Å². The Hall–Kier alpha value is -0.120. The molecular weight excluding hydrogens is 106 g/mol. The van der Waals surface area contributed by atoms with Gasteiger partial charge >= 0.3 is 0 Å². The lowest BCUT2D eigenvalue weighted by Gasteiger charge is -2.12. The molecule has 1 rings (SSSR count). The number of ether oxygens (including phenoxy) is 1. The van der Waals surface area contributed by atoms with E-state index in [-0.39, 0.29) is 6.23 Å². The predicted molar refractivity (Wildman–Crippen MR) is 28.5 cm³/mol. The first-order chi connectivity index (χ1) is 3.84. The monoisotopic (exact) mass is 117 g/mol. The fourth-order valence-electron chi connectivity index (χ4n) is 0.841. The van der Waals surface area contributed by atoms with Crippen molar-refractivity contribution in [2.24, 2.45) is 0 Å². The van der Waals surface area contributed by atoms with Gasteiger partial charge in [0.15, 0.2) is 0 Å². The fraction of sp³-hybridized carbons (Fsp3) is 1.00. The number of nitrogens with zero attached hydrogens (tertiary/aromatic N) is 1. The molecule has 0 aromatic heterocycles. The Labute approximate surface area is 48.8 Å². The summed E-state index contributed by atoms with van der Waals surface area (Å²) in [4.78, 5) is 0. The van der Waals surface area contributed by atoms with Crippen molar-refractivity contribution in [1.82, 2.24) is 5.06 Å². The van der Waals surface area contributed by atoms with Gasteiger partial charge in [-0.15, -0.1) is 0 Å². The zero-order valence-corrected chi connectivity index (χ0v) is 5.00. The standard InChI is InChI=1S/C5H11NO2/c1-2-5-6(7)3-4-8-5/h5,7H,2-4H2,1H3. The minimum absolute atomic E-state index is 0.0463. The molecule has 0 saturated carbocycles. The molecule has 0 radical (unpaired) electrons. The highest BCUT2D eigenvalue weighted by atomic mass is 16.6. The molecule has 0 aromatic rings. The van der Waals surface area contributed by atoms with Crippen LogP contribution >= 0.6 is 0 Å². The first-order valence-corrected chi connectivity index (χ1v) is 2.91. The zero-order valence-electron chi connectivity index (χ0n) is 5.00. The van der Waals surface area contributed by atoms with Crippen LogP contribution in [0.4, 0.5) is 0 Å². The quantitative estimate of drug-likeness (QED) is 0.541. The molecule has 3 heteroatoms. The first kappa shape index (κ1) is 6.01. The third-order valence-corrected chi connectivity index (χ3v) is 1.31. The third kappa shape index (κ3) is 0.992. The lowest BCUT2D eigenvalue weighted by atomic mass is 10.4. The molecular formula is C5H11NO2. The number of hydrogen-bond donors (Lipinski definition) is 1. The molecule has 1 fully saturated rings. The van der Waals surface area contributed by atoms with Gasteiger partial charge in [-0.25, -0.2) is 0 Å². The predicted octanol–water partition coefficient (Wildman–Crippen LogP) is 0.444. The summed E-state index contributed by atoms with van der Waals surface area (Å²) in [7, 11) is 0. The van der Waals surface area contributed by atoms with Crippen molar-refractivity contribution in [3.63, 3.8) is 0 Å². The summed E-state index contributed by atoms with van der Waals surface area (Å²) in [6.07, 6.45) is 0.811. The highest BCUT2D eigenvalue weighted by molar-refractivity contribution is 4.57. The van der Waals surface area contributed by atoms with E-state index in [0.717, 1.165) is 6.42 Å². The van der Waals surface area contributed by atoms with Crippen LogP contribution in [0.15, 0.2) is 0 Å². The van der Waals surface area contributed by atoms with Gasteiger partial charge in [-0.2, -0.15) is 5.06 Å². The Morgan fingerprint density at radius 2 is 2.62 bits per heavy atom. The number of rotatable bonds is 1. The van der Waals surface area contributed by atoms with E-state index in [4.69, 9.17) is 9.94 Å². The highest BCUT2D eigenvalue weighted by Crippen LogP contribution is 2.08. The number of hydrogen-bond acceptors (Lipinski definition) is 3. The van der Waals surface area contributed by atoms with Gasteiger partial charge in [0.25, 0.3) is 0 Å². The van der Waals surface area contributed by atoms with E-state index < -0.39 is 0 Å². The smallest absolute Gasteiger partial charge is 0.132 e. The molecule has 8 heavy (non-hydrogen) atoms. The van der Waals surface area contributed by atoms with Gasteiger partial charge in [-0.1, -0.05) is 6.92 Å². The summed E-state index contributed by atoms with van der Waals surface area (Å²) >= 11 is 0. The summed E-state index contributed by atoms with van der Waals surface area (Å²) in [5.74, 6) is 0. The van der Waals surface area contributed by atoms with Gasteiger partial charge in [0.1, 0.15) is 6.23 Å². The molecule has 0 amide bonds. The van der Waals surface area contributed by atoms with Gasteiger partial charge in [0, 0.05) is 0 Å². The molecule has 1 aliphatic heterocycles. The average Bonchev–Trinajstić information content (AvgIpc) is 2.14. The normalized spacial score (nSPS) is 31.5. The molecule has 1 saturated heterocycles. The van der Waals surface area contributed by atoms with Gasteiger partial charge in [0.05, 0.1) is 13.2 Å². The first-order valence-electron chi connectivity index (χ1n) is 2.91. The molecule has 0 aromatic carbocycles. The van der Waals surface area contributed by atoms with Crippen molar-refractivity contribution < 1.29 is 9.94 Å². The Kier molecular flexibility index (Phi) is 1.83. The Morgan fingerprint density at radius 1 is 1.88 bits per heavy atom. The molecule has 1 atom stereocenters. The Morgan fingerprint density at radius 3 is 2.88 bits per heavy atom. The van der Waals surface area contributed by atoms with E-state index in [0.29, 0.717) is 13.2 Å². The van der Waals surface area contributed by atoms with Crippen molar-refractivity contribution in [2.45, 2.75) is 19.6 Å². The second kappa shape index (κ2) is 2.44. The summed E-state index contributed by atoms with van der Waals surface area (Å²) in [6, 6.07) is 0. The van der Waals surface area contributed by atoms with E-state index in [9.17, 15) is 0 Å². The topological polar surface area (TPSA) is 32.7 Å². The van der Waals surface area contributed by atoms with Crippen LogP contribution in [0.3, 0.4) is 0 Å². The molecule has 1 N–H and O–H groups in total. The van der Waals surface area contributed by atoms with Crippen LogP contribution in [0.1, 0.15) is 13.3 Å². The molecule has 0 aliphatic carbocycles.